The number of rotatable bonds is 15. The molecule has 2 aromatic rings. The van der Waals surface area contributed by atoms with Crippen LogP contribution in [0.25, 0.3) is 0 Å². The maximum absolute atomic E-state index is 12.9. The molecule has 33 heavy (non-hydrogen) atoms. The van der Waals surface area contributed by atoms with Gasteiger partial charge < -0.3 is 4.74 Å². The first-order valence-corrected chi connectivity index (χ1v) is 14.4. The first-order chi connectivity index (χ1) is 15.3. The molecule has 0 aliphatic carbocycles. The van der Waals surface area contributed by atoms with E-state index in [1.807, 2.05) is 0 Å². The predicted octanol–water partition coefficient (Wildman–Crippen LogP) is 5.77. The molecule has 9 heteroatoms. The van der Waals surface area contributed by atoms with Crippen LogP contribution in [0.1, 0.15) is 71.1 Å². The van der Waals surface area contributed by atoms with Crippen molar-refractivity contribution in [2.75, 3.05) is 5.75 Å². The fraction of sp³-hybridized carbons (Fsp3) is 0.500. The third kappa shape index (κ3) is 10.5. The summed E-state index contributed by atoms with van der Waals surface area (Å²) in [6, 6.07) is 11.7. The molecule has 0 saturated heterocycles. The fourth-order valence-corrected chi connectivity index (χ4v) is 5.67. The number of sulfone groups is 1. The molecule has 2 aromatic carbocycles. The molecule has 0 radical (unpaired) electrons. The summed E-state index contributed by atoms with van der Waals surface area (Å²) in [6.45, 7) is 2.21. The third-order valence-electron chi connectivity index (χ3n) is 5.30. The van der Waals surface area contributed by atoms with Crippen molar-refractivity contribution >= 4 is 49.5 Å². The van der Waals surface area contributed by atoms with Gasteiger partial charge in [0.1, 0.15) is 21.3 Å². The summed E-state index contributed by atoms with van der Waals surface area (Å²) in [6.07, 6.45) is 11.1. The van der Waals surface area contributed by atoms with Gasteiger partial charge in [-0.25, -0.2) is 8.42 Å². The Morgan fingerprint density at radius 1 is 0.667 bits per heavy atom. The third-order valence-corrected chi connectivity index (χ3v) is 8.02. The second kappa shape index (κ2) is 15.2. The molecular weight excluding hydrogens is 471 g/mol. The van der Waals surface area contributed by atoms with Gasteiger partial charge >= 0.3 is 29.6 Å². The van der Waals surface area contributed by atoms with Crippen LogP contribution in [-0.2, 0) is 20.0 Å². The zero-order chi connectivity index (χ0) is 23.5. The maximum atomic E-state index is 12.9. The molecule has 0 aliphatic heterocycles. The van der Waals surface area contributed by atoms with Crippen molar-refractivity contribution in [1.82, 2.24) is 0 Å². The van der Waals surface area contributed by atoms with E-state index >= 15 is 0 Å². The Kier molecular flexibility index (Phi) is 13.8. The number of ether oxygens (including phenoxy) is 1. The van der Waals surface area contributed by atoms with Gasteiger partial charge in [-0.05, 0) is 30.7 Å². The number of benzene rings is 2. The van der Waals surface area contributed by atoms with Gasteiger partial charge in [0, 0.05) is 0 Å². The summed E-state index contributed by atoms with van der Waals surface area (Å²) in [5.74, 6) is -0.0867. The van der Waals surface area contributed by atoms with E-state index in [9.17, 15) is 21.4 Å². The van der Waals surface area contributed by atoms with Crippen molar-refractivity contribution in [2.45, 2.75) is 80.9 Å². The van der Waals surface area contributed by atoms with Gasteiger partial charge in [-0.1, -0.05) is 89.0 Å². The van der Waals surface area contributed by atoms with Crippen LogP contribution in [0.4, 0.5) is 0 Å². The van der Waals surface area contributed by atoms with E-state index in [4.69, 9.17) is 4.74 Å². The summed E-state index contributed by atoms with van der Waals surface area (Å²) >= 11 is 0. The normalized spacial score (nSPS) is 11.7. The van der Waals surface area contributed by atoms with Gasteiger partial charge in [0.25, 0.3) is 10.1 Å². The molecule has 0 saturated carbocycles. The van der Waals surface area contributed by atoms with E-state index in [1.165, 1.54) is 68.9 Å². The Balaban J connectivity index is 0.00000544. The summed E-state index contributed by atoms with van der Waals surface area (Å²) in [4.78, 5) is -0.400. The number of hydrogen-bond acceptors (Lipinski definition) is 5. The van der Waals surface area contributed by atoms with Crippen molar-refractivity contribution in [3.63, 3.8) is 0 Å². The van der Waals surface area contributed by atoms with Crippen LogP contribution in [0.5, 0.6) is 11.5 Å². The molecule has 2 rings (SSSR count). The molecule has 0 aromatic heterocycles. The van der Waals surface area contributed by atoms with Crippen LogP contribution in [-0.4, -0.2) is 56.7 Å². The molecule has 1 N–H and O–H groups in total. The molecule has 6 nitrogen and oxygen atoms in total. The van der Waals surface area contributed by atoms with Gasteiger partial charge in [-0.15, -0.1) is 0 Å². The standard InChI is InChI=1S/C24H34O6S2.Na.H/c1-2-3-4-5-6-7-8-9-10-15-20-31(25,26)23-18-13-11-16-21(23)30-22-17-12-14-19-24(22)32(27,28)29;;/h11-14,16-19H,2-10,15,20H2,1H3,(H,27,28,29);;. The minimum atomic E-state index is -4.51. The molecular formula is C24H35NaO6S2. The first kappa shape index (κ1) is 30.1. The van der Waals surface area contributed by atoms with Gasteiger partial charge in [-0.3, -0.25) is 4.55 Å². The molecule has 0 spiro atoms. The quantitative estimate of drug-likeness (QED) is 0.187. The van der Waals surface area contributed by atoms with Crippen molar-refractivity contribution < 1.29 is 26.1 Å². The van der Waals surface area contributed by atoms with E-state index in [1.54, 1.807) is 18.2 Å². The van der Waals surface area contributed by atoms with E-state index < -0.39 is 24.9 Å². The Morgan fingerprint density at radius 3 is 1.61 bits per heavy atom. The van der Waals surface area contributed by atoms with E-state index in [0.29, 0.717) is 6.42 Å². The Morgan fingerprint density at radius 2 is 1.09 bits per heavy atom. The Labute approximate surface area is 221 Å². The molecule has 0 heterocycles. The molecule has 0 bridgehead atoms. The Hall–Kier alpha value is -0.900. The number of hydrogen-bond donors (Lipinski definition) is 1. The summed E-state index contributed by atoms with van der Waals surface area (Å²) < 4.78 is 64.1. The van der Waals surface area contributed by atoms with Gasteiger partial charge in [0.05, 0.1) is 5.75 Å². The molecule has 0 unspecified atom stereocenters. The predicted molar refractivity (Wildman–Crippen MR) is 134 cm³/mol. The van der Waals surface area contributed by atoms with Crippen molar-refractivity contribution in [1.29, 1.82) is 0 Å². The average Bonchev–Trinajstić information content (AvgIpc) is 2.75. The molecule has 0 atom stereocenters. The van der Waals surface area contributed by atoms with Crippen LogP contribution < -0.4 is 4.74 Å². The minimum absolute atomic E-state index is 0. The molecule has 0 aliphatic rings. The van der Waals surface area contributed by atoms with E-state index in [0.717, 1.165) is 19.3 Å². The van der Waals surface area contributed by atoms with Gasteiger partial charge in [0.15, 0.2) is 9.84 Å². The monoisotopic (exact) mass is 506 g/mol. The van der Waals surface area contributed by atoms with Crippen molar-refractivity contribution in [3.05, 3.63) is 48.5 Å². The van der Waals surface area contributed by atoms with Crippen molar-refractivity contribution in [3.8, 4) is 11.5 Å². The van der Waals surface area contributed by atoms with Crippen LogP contribution >= 0.6 is 0 Å². The average molecular weight is 507 g/mol. The molecule has 0 amide bonds. The number of unbranched alkanes of at least 4 members (excludes halogenated alkanes) is 9. The summed E-state index contributed by atoms with van der Waals surface area (Å²) in [7, 11) is -8.11. The zero-order valence-corrected chi connectivity index (χ0v) is 20.3. The van der Waals surface area contributed by atoms with Crippen LogP contribution in [0.2, 0.25) is 0 Å². The topological polar surface area (TPSA) is 97.7 Å². The summed E-state index contributed by atoms with van der Waals surface area (Å²) in [5.41, 5.74) is 0. The number of para-hydroxylation sites is 2. The van der Waals surface area contributed by atoms with E-state index in [2.05, 4.69) is 6.92 Å². The van der Waals surface area contributed by atoms with Crippen LogP contribution in [0.15, 0.2) is 58.3 Å². The molecule has 180 valence electrons. The van der Waals surface area contributed by atoms with Crippen LogP contribution in [0.3, 0.4) is 0 Å². The Bertz CT molecular complexity index is 1050. The van der Waals surface area contributed by atoms with Crippen molar-refractivity contribution in [2.24, 2.45) is 0 Å². The van der Waals surface area contributed by atoms with E-state index in [-0.39, 0.29) is 51.7 Å². The molecule has 0 fully saturated rings. The first-order valence-electron chi connectivity index (χ1n) is 11.3. The SMILES string of the molecule is CCCCCCCCCCCCS(=O)(=O)c1ccccc1Oc1ccccc1S(=O)(=O)O.[NaH]. The second-order valence-electron chi connectivity index (χ2n) is 7.97. The fourth-order valence-electron chi connectivity index (χ4n) is 3.55. The van der Waals surface area contributed by atoms with Crippen LogP contribution in [0, 0.1) is 0 Å². The van der Waals surface area contributed by atoms with Gasteiger partial charge in [-0.2, -0.15) is 8.42 Å². The summed E-state index contributed by atoms with van der Waals surface area (Å²) in [5, 5.41) is 0. The van der Waals surface area contributed by atoms with Gasteiger partial charge in [0.2, 0.25) is 0 Å². The zero-order valence-electron chi connectivity index (χ0n) is 18.7. The second-order valence-corrected chi connectivity index (χ2v) is 11.4.